The van der Waals surface area contributed by atoms with E-state index >= 15 is 0 Å². The molecule has 6 nitrogen and oxygen atoms in total. The number of rotatable bonds is 7. The third-order valence-electron chi connectivity index (χ3n) is 2.61. The molecule has 0 unspecified atom stereocenters. The molecule has 0 aliphatic heterocycles. The summed E-state index contributed by atoms with van der Waals surface area (Å²) in [5.74, 6) is 0.0442. The molecule has 1 aromatic rings. The zero-order valence-electron chi connectivity index (χ0n) is 10.9. The smallest absolute Gasteiger partial charge is 0.242 e. The minimum absolute atomic E-state index is 0.0303. The van der Waals surface area contributed by atoms with E-state index in [4.69, 9.17) is 0 Å². The third-order valence-corrected chi connectivity index (χ3v) is 5.79. The van der Waals surface area contributed by atoms with Crippen LogP contribution in [0.4, 0.5) is 5.69 Å². The van der Waals surface area contributed by atoms with Gasteiger partial charge in [0.05, 0.1) is 11.4 Å². The first-order valence-electron chi connectivity index (χ1n) is 5.79. The lowest BCUT2D eigenvalue weighted by Crippen LogP contribution is -2.22. The lowest BCUT2D eigenvalue weighted by Gasteiger charge is -2.11. The highest BCUT2D eigenvalue weighted by Gasteiger charge is 2.16. The number of para-hydroxylation sites is 1. The van der Waals surface area contributed by atoms with Gasteiger partial charge < -0.3 is 5.32 Å². The van der Waals surface area contributed by atoms with E-state index in [0.717, 1.165) is 0 Å². The van der Waals surface area contributed by atoms with Crippen LogP contribution in [0, 0.1) is 0 Å². The third kappa shape index (κ3) is 4.48. The molecule has 2 N–H and O–H groups in total. The van der Waals surface area contributed by atoms with Gasteiger partial charge in [0.1, 0.15) is 4.90 Å². The normalized spacial score (nSPS) is 12.3. The van der Waals surface area contributed by atoms with Crippen molar-refractivity contribution in [3.05, 3.63) is 24.3 Å². The number of anilines is 1. The summed E-state index contributed by atoms with van der Waals surface area (Å²) in [4.78, 5) is 0.103. The largest absolute Gasteiger partial charge is 0.383 e. The van der Waals surface area contributed by atoms with Crippen molar-refractivity contribution in [3.63, 3.8) is 0 Å². The molecule has 108 valence electrons. The van der Waals surface area contributed by atoms with E-state index in [9.17, 15) is 16.8 Å². The van der Waals surface area contributed by atoms with Crippen LogP contribution >= 0.6 is 0 Å². The lowest BCUT2D eigenvalue weighted by atomic mass is 10.3. The van der Waals surface area contributed by atoms with Crippen molar-refractivity contribution in [2.24, 2.45) is 0 Å². The average Bonchev–Trinajstić information content (AvgIpc) is 2.39. The molecule has 19 heavy (non-hydrogen) atoms. The lowest BCUT2D eigenvalue weighted by molar-refractivity contribution is 0.588. The highest BCUT2D eigenvalue weighted by Crippen LogP contribution is 2.19. The number of hydrogen-bond donors (Lipinski definition) is 2. The fraction of sp³-hybridized carbons (Fsp3) is 0.455. The van der Waals surface area contributed by atoms with Gasteiger partial charge in [0, 0.05) is 12.3 Å². The Morgan fingerprint density at radius 1 is 1.11 bits per heavy atom. The van der Waals surface area contributed by atoms with E-state index in [-0.39, 0.29) is 22.9 Å². The molecule has 0 heterocycles. The van der Waals surface area contributed by atoms with Crippen LogP contribution in [0.5, 0.6) is 0 Å². The van der Waals surface area contributed by atoms with Gasteiger partial charge in [0.15, 0.2) is 9.84 Å². The minimum atomic E-state index is -3.56. The molecule has 1 aromatic carbocycles. The number of benzene rings is 1. The molecular formula is C11H18N2O4S2. The molecule has 8 heteroatoms. The Bertz CT molecular complexity index is 624. The second kappa shape index (κ2) is 6.36. The van der Waals surface area contributed by atoms with E-state index < -0.39 is 19.9 Å². The van der Waals surface area contributed by atoms with Crippen LogP contribution in [-0.4, -0.2) is 41.9 Å². The maximum atomic E-state index is 11.8. The van der Waals surface area contributed by atoms with Gasteiger partial charge in [0.2, 0.25) is 10.0 Å². The van der Waals surface area contributed by atoms with Gasteiger partial charge in [-0.1, -0.05) is 19.1 Å². The number of nitrogens with one attached hydrogen (secondary N) is 2. The first-order chi connectivity index (χ1) is 8.82. The van der Waals surface area contributed by atoms with Crippen LogP contribution < -0.4 is 10.0 Å². The summed E-state index contributed by atoms with van der Waals surface area (Å²) >= 11 is 0. The van der Waals surface area contributed by atoms with E-state index in [2.05, 4.69) is 10.0 Å². The van der Waals surface area contributed by atoms with Gasteiger partial charge in [-0.2, -0.15) is 0 Å². The second-order valence-corrected chi connectivity index (χ2v) is 8.19. The fourth-order valence-electron chi connectivity index (χ4n) is 1.44. The Morgan fingerprint density at radius 3 is 2.32 bits per heavy atom. The molecule has 0 fully saturated rings. The molecule has 0 aromatic heterocycles. The molecular weight excluding hydrogens is 288 g/mol. The van der Waals surface area contributed by atoms with E-state index in [1.165, 1.54) is 13.1 Å². The van der Waals surface area contributed by atoms with E-state index in [1.54, 1.807) is 25.1 Å². The molecule has 1 rings (SSSR count). The number of sulfone groups is 1. The first-order valence-corrected chi connectivity index (χ1v) is 9.09. The Morgan fingerprint density at radius 2 is 1.74 bits per heavy atom. The van der Waals surface area contributed by atoms with Crippen LogP contribution in [-0.2, 0) is 19.9 Å². The Hall–Kier alpha value is -1.12. The monoisotopic (exact) mass is 306 g/mol. The van der Waals surface area contributed by atoms with Crippen molar-refractivity contribution in [1.29, 1.82) is 0 Å². The van der Waals surface area contributed by atoms with Gasteiger partial charge >= 0.3 is 0 Å². The summed E-state index contributed by atoms with van der Waals surface area (Å²) in [5.41, 5.74) is 0.392. The highest BCUT2D eigenvalue weighted by molar-refractivity contribution is 7.91. The summed E-state index contributed by atoms with van der Waals surface area (Å²) in [6, 6.07) is 6.36. The molecule has 0 aliphatic rings. The van der Waals surface area contributed by atoms with Crippen LogP contribution in [0.3, 0.4) is 0 Å². The van der Waals surface area contributed by atoms with E-state index in [0.29, 0.717) is 5.69 Å². The summed E-state index contributed by atoms with van der Waals surface area (Å²) in [7, 11) is -5.31. The molecule has 0 amide bonds. The maximum Gasteiger partial charge on any atom is 0.242 e. The molecule has 0 spiro atoms. The SMILES string of the molecule is CCS(=O)(=O)CCNc1ccccc1S(=O)(=O)NC. The van der Waals surface area contributed by atoms with Gasteiger partial charge in [-0.05, 0) is 19.2 Å². The van der Waals surface area contributed by atoms with Crippen molar-refractivity contribution in [2.45, 2.75) is 11.8 Å². The average molecular weight is 306 g/mol. The zero-order valence-corrected chi connectivity index (χ0v) is 12.5. The van der Waals surface area contributed by atoms with Crippen LogP contribution in [0.1, 0.15) is 6.92 Å². The molecule has 0 aliphatic carbocycles. The second-order valence-electron chi connectivity index (χ2n) is 3.87. The topological polar surface area (TPSA) is 92.3 Å². The van der Waals surface area contributed by atoms with E-state index in [1.807, 2.05) is 0 Å². The predicted molar refractivity (Wildman–Crippen MR) is 75.5 cm³/mol. The maximum absolute atomic E-state index is 11.8. The van der Waals surface area contributed by atoms with Crippen molar-refractivity contribution in [1.82, 2.24) is 4.72 Å². The molecule has 0 bridgehead atoms. The van der Waals surface area contributed by atoms with Crippen LogP contribution in [0.15, 0.2) is 29.2 Å². The Labute approximate surface area is 114 Å². The number of sulfonamides is 1. The van der Waals surface area contributed by atoms with Crippen LogP contribution in [0.25, 0.3) is 0 Å². The highest BCUT2D eigenvalue weighted by atomic mass is 32.2. The summed E-state index contributed by atoms with van der Waals surface area (Å²) in [6.07, 6.45) is 0. The van der Waals surface area contributed by atoms with Gasteiger partial charge in [-0.25, -0.2) is 21.6 Å². The first kappa shape index (κ1) is 15.9. The predicted octanol–water partition coefficient (Wildman–Crippen LogP) is 0.441. The quantitative estimate of drug-likeness (QED) is 0.762. The van der Waals surface area contributed by atoms with Crippen LogP contribution in [0.2, 0.25) is 0 Å². The van der Waals surface area contributed by atoms with Crippen molar-refractivity contribution in [2.75, 3.05) is 30.4 Å². The summed E-state index contributed by atoms with van der Waals surface area (Å²) in [5, 5.41) is 2.85. The zero-order chi connectivity index (χ0) is 14.5. The van der Waals surface area contributed by atoms with Gasteiger partial charge in [-0.15, -0.1) is 0 Å². The Kier molecular flexibility index (Phi) is 5.33. The molecule has 0 radical (unpaired) electrons. The van der Waals surface area contributed by atoms with Gasteiger partial charge in [0.25, 0.3) is 0 Å². The Balaban J connectivity index is 2.86. The van der Waals surface area contributed by atoms with Gasteiger partial charge in [-0.3, -0.25) is 0 Å². The molecule has 0 saturated carbocycles. The summed E-state index contributed by atoms with van der Waals surface area (Å²) < 4.78 is 48.5. The summed E-state index contributed by atoms with van der Waals surface area (Å²) in [6.45, 7) is 1.75. The number of hydrogen-bond acceptors (Lipinski definition) is 5. The standard InChI is InChI=1S/C11H18N2O4S2/c1-3-18(14,15)9-8-13-10-6-4-5-7-11(10)19(16,17)12-2/h4-7,12-13H,3,8-9H2,1-2H3. The molecule has 0 saturated heterocycles. The van der Waals surface area contributed by atoms with Crippen molar-refractivity contribution in [3.8, 4) is 0 Å². The van der Waals surface area contributed by atoms with Crippen molar-refractivity contribution < 1.29 is 16.8 Å². The minimum Gasteiger partial charge on any atom is -0.383 e. The fourth-order valence-corrected chi connectivity index (χ4v) is 3.05. The van der Waals surface area contributed by atoms with Crippen molar-refractivity contribution >= 4 is 25.5 Å². The molecule has 0 atom stereocenters.